The van der Waals surface area contributed by atoms with Gasteiger partial charge in [-0.2, -0.15) is 5.26 Å². The number of fused-ring (bicyclic) bond motifs is 1. The van der Waals surface area contributed by atoms with Crippen LogP contribution in [0, 0.1) is 16.7 Å². The van der Waals surface area contributed by atoms with Gasteiger partial charge in [0.1, 0.15) is 0 Å². The molecule has 2 nitrogen and oxygen atoms in total. The lowest BCUT2D eigenvalue weighted by Crippen LogP contribution is -2.27. The van der Waals surface area contributed by atoms with Crippen molar-refractivity contribution in [3.63, 3.8) is 0 Å². The molecule has 2 aliphatic carbocycles. The fourth-order valence-corrected chi connectivity index (χ4v) is 4.21. The van der Waals surface area contributed by atoms with Gasteiger partial charge in [-0.05, 0) is 30.4 Å². The summed E-state index contributed by atoms with van der Waals surface area (Å²) in [5.41, 5.74) is 5.30. The first kappa shape index (κ1) is 14.9. The second kappa shape index (κ2) is 6.09. The Hall–Kier alpha value is -2.66. The van der Waals surface area contributed by atoms with Crippen molar-refractivity contribution in [2.45, 2.75) is 32.1 Å². The summed E-state index contributed by atoms with van der Waals surface area (Å²) < 4.78 is 0. The maximum Gasteiger partial charge on any atom is 0.0976 e. The van der Waals surface area contributed by atoms with Crippen molar-refractivity contribution in [1.29, 1.82) is 5.26 Å². The van der Waals surface area contributed by atoms with Gasteiger partial charge in [-0.15, -0.1) is 0 Å². The lowest BCUT2D eigenvalue weighted by Gasteiger charge is -2.34. The zero-order valence-corrected chi connectivity index (χ0v) is 13.7. The molecule has 0 heterocycles. The van der Waals surface area contributed by atoms with Crippen LogP contribution in [-0.2, 0) is 6.42 Å². The van der Waals surface area contributed by atoms with Crippen molar-refractivity contribution in [1.82, 2.24) is 0 Å². The predicted octanol–water partition coefficient (Wildman–Crippen LogP) is 5.16. The van der Waals surface area contributed by atoms with Crippen molar-refractivity contribution in [2.24, 2.45) is 10.4 Å². The van der Waals surface area contributed by atoms with Crippen LogP contribution in [0.3, 0.4) is 0 Å². The number of nitriles is 1. The summed E-state index contributed by atoms with van der Waals surface area (Å²) >= 11 is 0. The minimum absolute atomic E-state index is 0.00641. The number of benzene rings is 2. The molecular formula is C22H20N2. The highest BCUT2D eigenvalue weighted by Crippen LogP contribution is 2.52. The molecule has 0 radical (unpaired) electrons. The largest absolute Gasteiger partial charge is 0.255 e. The fourth-order valence-electron chi connectivity index (χ4n) is 4.21. The minimum Gasteiger partial charge on any atom is -0.255 e. The average molecular weight is 312 g/mol. The Morgan fingerprint density at radius 1 is 0.958 bits per heavy atom. The van der Waals surface area contributed by atoms with Crippen LogP contribution in [0.15, 0.2) is 65.2 Å². The third-order valence-electron chi connectivity index (χ3n) is 5.38. The van der Waals surface area contributed by atoms with Gasteiger partial charge in [0.25, 0.3) is 0 Å². The Bertz CT molecular complexity index is 847. The molecule has 4 rings (SSSR count). The van der Waals surface area contributed by atoms with Crippen LogP contribution in [0.25, 0.3) is 5.70 Å². The molecule has 0 atom stereocenters. The molecule has 2 aromatic rings. The summed E-state index contributed by atoms with van der Waals surface area (Å²) in [6.45, 7) is 0. The average Bonchev–Trinajstić information content (AvgIpc) is 3.09. The first-order valence-corrected chi connectivity index (χ1v) is 8.65. The van der Waals surface area contributed by atoms with E-state index in [0.717, 1.165) is 41.7 Å². The Balaban J connectivity index is 1.86. The first-order valence-electron chi connectivity index (χ1n) is 8.65. The Kier molecular flexibility index (Phi) is 3.78. The van der Waals surface area contributed by atoms with E-state index < -0.39 is 0 Å². The second-order valence-corrected chi connectivity index (χ2v) is 6.83. The molecule has 0 aliphatic heterocycles. The van der Waals surface area contributed by atoms with E-state index in [4.69, 9.17) is 4.99 Å². The van der Waals surface area contributed by atoms with Gasteiger partial charge >= 0.3 is 0 Å². The van der Waals surface area contributed by atoms with Crippen LogP contribution < -0.4 is 0 Å². The van der Waals surface area contributed by atoms with Crippen LogP contribution in [0.5, 0.6) is 0 Å². The van der Waals surface area contributed by atoms with Crippen molar-refractivity contribution < 1.29 is 0 Å². The number of allylic oxidation sites excluding steroid dienone is 1. The fraction of sp³-hybridized carbons (Fsp3) is 0.273. The van der Waals surface area contributed by atoms with Gasteiger partial charge in [-0.3, -0.25) is 4.99 Å². The van der Waals surface area contributed by atoms with Crippen LogP contribution in [0.1, 0.15) is 42.4 Å². The maximum absolute atomic E-state index is 9.93. The molecule has 0 amide bonds. The van der Waals surface area contributed by atoms with Crippen LogP contribution in [0.4, 0.5) is 0 Å². The van der Waals surface area contributed by atoms with E-state index in [9.17, 15) is 5.26 Å². The molecule has 0 unspecified atom stereocenters. The summed E-state index contributed by atoms with van der Waals surface area (Å²) in [6.07, 6.45) is 7.50. The summed E-state index contributed by atoms with van der Waals surface area (Å²) in [4.78, 5) is 4.80. The van der Waals surface area contributed by atoms with Crippen molar-refractivity contribution in [3.05, 3.63) is 76.9 Å². The van der Waals surface area contributed by atoms with E-state index in [1.54, 1.807) is 0 Å². The van der Waals surface area contributed by atoms with Crippen molar-refractivity contribution in [2.75, 3.05) is 0 Å². The van der Waals surface area contributed by atoms with Gasteiger partial charge in [0.2, 0.25) is 0 Å². The molecule has 2 aliphatic rings. The summed E-state index contributed by atoms with van der Waals surface area (Å²) in [6, 6.07) is 21.1. The van der Waals surface area contributed by atoms with Crippen molar-refractivity contribution >= 4 is 11.9 Å². The topological polar surface area (TPSA) is 36.1 Å². The second-order valence-electron chi connectivity index (χ2n) is 6.83. The SMILES string of the molecule is N#CC1=C(N=Cc2ccccc2)c2ccccc2CC12CCCC2. The lowest BCUT2D eigenvalue weighted by atomic mass is 9.68. The Morgan fingerprint density at radius 2 is 1.67 bits per heavy atom. The molecule has 0 N–H and O–H groups in total. The monoisotopic (exact) mass is 312 g/mol. The summed E-state index contributed by atoms with van der Waals surface area (Å²) in [5.74, 6) is 0. The van der Waals surface area contributed by atoms with Crippen molar-refractivity contribution in [3.8, 4) is 6.07 Å². The molecule has 1 saturated carbocycles. The van der Waals surface area contributed by atoms with Gasteiger partial charge in [-0.1, -0.05) is 67.4 Å². The summed E-state index contributed by atoms with van der Waals surface area (Å²) in [5, 5.41) is 9.93. The first-order chi connectivity index (χ1) is 11.8. The molecule has 1 spiro atoms. The molecular weight excluding hydrogens is 292 g/mol. The van der Waals surface area contributed by atoms with Gasteiger partial charge in [0.05, 0.1) is 17.3 Å². The van der Waals surface area contributed by atoms with Crippen LogP contribution in [-0.4, -0.2) is 6.21 Å². The molecule has 0 saturated heterocycles. The van der Waals surface area contributed by atoms with Crippen LogP contribution in [0.2, 0.25) is 0 Å². The third kappa shape index (κ3) is 2.47. The molecule has 24 heavy (non-hydrogen) atoms. The van der Waals surface area contributed by atoms with E-state index in [2.05, 4.69) is 24.3 Å². The van der Waals surface area contributed by atoms with Gasteiger partial charge < -0.3 is 0 Å². The zero-order valence-electron chi connectivity index (χ0n) is 13.7. The number of aliphatic imine (C=N–C) groups is 1. The predicted molar refractivity (Wildman–Crippen MR) is 97.6 cm³/mol. The van der Waals surface area contributed by atoms with Gasteiger partial charge in [-0.25, -0.2) is 0 Å². The molecule has 0 aromatic heterocycles. The minimum atomic E-state index is 0.00641. The number of nitrogens with zero attached hydrogens (tertiary/aromatic N) is 2. The number of hydrogen-bond donors (Lipinski definition) is 0. The van der Waals surface area contributed by atoms with Crippen LogP contribution >= 0.6 is 0 Å². The van der Waals surface area contributed by atoms with Gasteiger partial charge in [0.15, 0.2) is 0 Å². The van der Waals surface area contributed by atoms with E-state index in [0.29, 0.717) is 0 Å². The normalized spacial score (nSPS) is 18.8. The molecule has 2 aromatic carbocycles. The third-order valence-corrected chi connectivity index (χ3v) is 5.38. The van der Waals surface area contributed by atoms with E-state index >= 15 is 0 Å². The molecule has 2 heteroatoms. The highest BCUT2D eigenvalue weighted by Gasteiger charge is 2.43. The number of hydrogen-bond acceptors (Lipinski definition) is 2. The van der Waals surface area contributed by atoms with E-state index in [-0.39, 0.29) is 5.41 Å². The van der Waals surface area contributed by atoms with E-state index in [1.165, 1.54) is 18.4 Å². The Labute approximate surface area is 143 Å². The zero-order chi connectivity index (χ0) is 16.4. The van der Waals surface area contributed by atoms with Gasteiger partial charge in [0, 0.05) is 17.2 Å². The Morgan fingerprint density at radius 3 is 2.42 bits per heavy atom. The molecule has 1 fully saturated rings. The quantitative estimate of drug-likeness (QED) is 0.706. The maximum atomic E-state index is 9.93. The molecule has 118 valence electrons. The number of rotatable bonds is 2. The smallest absolute Gasteiger partial charge is 0.0976 e. The molecule has 0 bridgehead atoms. The lowest BCUT2D eigenvalue weighted by molar-refractivity contribution is 0.371. The standard InChI is InChI=1S/C22H20N2/c23-15-20-21(24-16-17-8-2-1-3-9-17)19-11-5-4-10-18(19)14-22(20)12-6-7-13-22/h1-5,8-11,16H,6-7,12-14H2. The highest BCUT2D eigenvalue weighted by molar-refractivity contribution is 5.88. The van der Waals surface area contributed by atoms with E-state index in [1.807, 2.05) is 42.6 Å². The summed E-state index contributed by atoms with van der Waals surface area (Å²) in [7, 11) is 0. The highest BCUT2D eigenvalue weighted by atomic mass is 14.8.